The van der Waals surface area contributed by atoms with Gasteiger partial charge in [-0.15, -0.1) is 0 Å². The smallest absolute Gasteiger partial charge is 0.333 e. The number of hydrogen-bond donors (Lipinski definition) is 0. The van der Waals surface area contributed by atoms with Crippen LogP contribution in [0.3, 0.4) is 0 Å². The first-order valence-electron chi connectivity index (χ1n) is 2.63. The summed E-state index contributed by atoms with van der Waals surface area (Å²) in [4.78, 5) is 10.6. The van der Waals surface area contributed by atoms with E-state index in [1.807, 2.05) is 0 Å². The van der Waals surface area contributed by atoms with E-state index in [0.29, 0.717) is 0 Å². The summed E-state index contributed by atoms with van der Waals surface area (Å²) in [6, 6.07) is 0. The molecule has 0 aromatic heterocycles. The number of rotatable bonds is 3. The van der Waals surface area contributed by atoms with E-state index in [0.717, 1.165) is 11.6 Å². The molecule has 2 nitrogen and oxygen atoms in total. The molecule has 6 heteroatoms. The van der Waals surface area contributed by atoms with Gasteiger partial charge in [-0.2, -0.15) is 0 Å². The van der Waals surface area contributed by atoms with Crippen molar-refractivity contribution in [3.63, 3.8) is 0 Å². The van der Waals surface area contributed by atoms with Gasteiger partial charge in [-0.25, -0.2) is 4.79 Å². The fourth-order valence-electron chi connectivity index (χ4n) is 0.280. The quantitative estimate of drug-likeness (QED) is 0.436. The third-order valence-electron chi connectivity index (χ3n) is 0.769. The maximum Gasteiger partial charge on any atom is 0.333 e. The first kappa shape index (κ1) is 12.1. The fourth-order valence-corrected chi connectivity index (χ4v) is 0.845. The monoisotopic (exact) mass is 248 g/mol. The topological polar surface area (TPSA) is 26.3 Å². The van der Waals surface area contributed by atoms with Crippen molar-refractivity contribution in [3.8, 4) is 0 Å². The summed E-state index contributed by atoms with van der Waals surface area (Å²) in [5.74, 6) is -0.795. The van der Waals surface area contributed by atoms with Gasteiger partial charge in [0.15, 0.2) is 0 Å². The van der Waals surface area contributed by atoms with Crippen LogP contribution >= 0.6 is 46.4 Å². The average molecular weight is 250 g/mol. The Hall–Kier alpha value is 0.110. The average Bonchev–Trinajstić information content (AvgIpc) is 2.02. The van der Waals surface area contributed by atoms with Crippen molar-refractivity contribution < 1.29 is 9.53 Å². The Morgan fingerprint density at radius 2 is 2.00 bits per heavy atom. The summed E-state index contributed by atoms with van der Waals surface area (Å²) in [6.45, 7) is 3.14. The standard InChI is InChI=1S/C6H4Cl4O2/c1-2-5(11)12-6(9,10)4(8)3-7/h2-3H,1H2. The van der Waals surface area contributed by atoms with E-state index >= 15 is 0 Å². The molecule has 0 saturated carbocycles. The lowest BCUT2D eigenvalue weighted by Gasteiger charge is -2.17. The van der Waals surface area contributed by atoms with E-state index < -0.39 is 10.5 Å². The van der Waals surface area contributed by atoms with Crippen LogP contribution in [0, 0.1) is 0 Å². The normalized spacial score (nSPS) is 12.5. The van der Waals surface area contributed by atoms with Crippen molar-refractivity contribution in [2.75, 3.05) is 0 Å². The highest BCUT2D eigenvalue weighted by Gasteiger charge is 2.32. The maximum absolute atomic E-state index is 10.6. The molecule has 0 aromatic carbocycles. The van der Waals surface area contributed by atoms with Crippen LogP contribution in [0.5, 0.6) is 0 Å². The Bertz CT molecular complexity index is 222. The lowest BCUT2D eigenvalue weighted by atomic mass is 10.6. The molecule has 0 saturated heterocycles. The van der Waals surface area contributed by atoms with Gasteiger partial charge in [0.2, 0.25) is 0 Å². The zero-order valence-corrected chi connectivity index (χ0v) is 8.71. The number of halogens is 4. The molecule has 0 atom stereocenters. The molecule has 0 rings (SSSR count). The van der Waals surface area contributed by atoms with E-state index in [9.17, 15) is 4.79 Å². The van der Waals surface area contributed by atoms with Gasteiger partial charge in [-0.1, -0.05) is 53.0 Å². The van der Waals surface area contributed by atoms with E-state index in [1.165, 1.54) is 0 Å². The van der Waals surface area contributed by atoms with Gasteiger partial charge in [0.05, 0.1) is 0 Å². The molecule has 0 radical (unpaired) electrons. The lowest BCUT2D eigenvalue weighted by Crippen LogP contribution is -2.21. The fraction of sp³-hybridized carbons (Fsp3) is 0.167. The molecular weight excluding hydrogens is 246 g/mol. The van der Waals surface area contributed by atoms with Gasteiger partial charge in [0.25, 0.3) is 4.52 Å². The molecule has 0 aliphatic heterocycles. The number of alkyl halides is 2. The molecule has 0 amide bonds. The van der Waals surface area contributed by atoms with E-state index in [2.05, 4.69) is 11.3 Å². The van der Waals surface area contributed by atoms with Gasteiger partial charge in [0, 0.05) is 11.6 Å². The second-order valence-corrected chi connectivity index (χ2v) is 3.48. The number of ether oxygens (including phenoxy) is 1. The Morgan fingerprint density at radius 1 is 1.50 bits per heavy atom. The van der Waals surface area contributed by atoms with E-state index in [-0.39, 0.29) is 5.03 Å². The molecule has 0 unspecified atom stereocenters. The SMILES string of the molecule is C=CC(=O)OC(Cl)(Cl)C(Cl)=CCl. The molecule has 12 heavy (non-hydrogen) atoms. The van der Waals surface area contributed by atoms with Crippen LogP contribution in [0.25, 0.3) is 0 Å². The highest BCUT2D eigenvalue weighted by atomic mass is 35.5. The number of carbonyl (C=O) groups is 1. The van der Waals surface area contributed by atoms with E-state index in [1.54, 1.807) is 0 Å². The Balaban J connectivity index is 4.42. The first-order valence-corrected chi connectivity index (χ1v) is 4.20. The second kappa shape index (κ2) is 4.97. The molecule has 0 aliphatic carbocycles. The molecule has 0 heterocycles. The number of hydrogen-bond acceptors (Lipinski definition) is 2. The lowest BCUT2D eigenvalue weighted by molar-refractivity contribution is -0.139. The van der Waals surface area contributed by atoms with Crippen molar-refractivity contribution in [3.05, 3.63) is 23.2 Å². The van der Waals surface area contributed by atoms with Crippen molar-refractivity contribution in [1.82, 2.24) is 0 Å². The van der Waals surface area contributed by atoms with Crippen LogP contribution in [-0.2, 0) is 9.53 Å². The van der Waals surface area contributed by atoms with Gasteiger partial charge in [-0.05, 0) is 0 Å². The predicted octanol–water partition coefficient (Wildman–Crippen LogP) is 3.17. The van der Waals surface area contributed by atoms with Crippen LogP contribution in [0.2, 0.25) is 0 Å². The minimum Gasteiger partial charge on any atom is -0.420 e. The zero-order valence-electron chi connectivity index (χ0n) is 5.69. The Labute approximate surface area is 89.7 Å². The number of carbonyl (C=O) groups excluding carboxylic acids is 1. The summed E-state index contributed by atoms with van der Waals surface area (Å²) in [7, 11) is 0. The van der Waals surface area contributed by atoms with Crippen molar-refractivity contribution >= 4 is 52.4 Å². The summed E-state index contributed by atoms with van der Waals surface area (Å²) in [5, 5.41) is -0.206. The summed E-state index contributed by atoms with van der Waals surface area (Å²) < 4.78 is 2.48. The largest absolute Gasteiger partial charge is 0.420 e. The highest BCUT2D eigenvalue weighted by Crippen LogP contribution is 2.34. The molecular formula is C6H4Cl4O2. The molecule has 0 N–H and O–H groups in total. The minimum atomic E-state index is -1.95. The summed E-state index contributed by atoms with van der Waals surface area (Å²) in [6.07, 6.45) is 0.901. The molecule has 68 valence electrons. The van der Waals surface area contributed by atoms with Crippen LogP contribution < -0.4 is 0 Å². The van der Waals surface area contributed by atoms with Crippen LogP contribution in [-0.4, -0.2) is 10.5 Å². The van der Waals surface area contributed by atoms with E-state index in [4.69, 9.17) is 46.4 Å². The Kier molecular flexibility index (Phi) is 5.02. The molecule has 0 fully saturated rings. The van der Waals surface area contributed by atoms with Crippen molar-refractivity contribution in [2.24, 2.45) is 0 Å². The maximum atomic E-state index is 10.6. The predicted molar refractivity (Wildman–Crippen MR) is 50.5 cm³/mol. The molecule has 0 aliphatic rings. The summed E-state index contributed by atoms with van der Waals surface area (Å²) in [5.41, 5.74) is 0.901. The molecule has 0 aromatic rings. The van der Waals surface area contributed by atoms with Gasteiger partial charge >= 0.3 is 5.97 Å². The minimum absolute atomic E-state index is 0.206. The van der Waals surface area contributed by atoms with Gasteiger partial charge in [0.1, 0.15) is 5.03 Å². The van der Waals surface area contributed by atoms with Crippen LogP contribution in [0.4, 0.5) is 0 Å². The summed E-state index contributed by atoms with van der Waals surface area (Å²) >= 11 is 21.5. The third-order valence-corrected chi connectivity index (χ3v) is 2.23. The number of esters is 1. The van der Waals surface area contributed by atoms with Gasteiger partial charge in [-0.3, -0.25) is 0 Å². The third kappa shape index (κ3) is 3.68. The first-order chi connectivity index (χ1) is 5.44. The van der Waals surface area contributed by atoms with Crippen molar-refractivity contribution in [2.45, 2.75) is 4.52 Å². The second-order valence-electron chi connectivity index (χ2n) is 1.60. The zero-order chi connectivity index (χ0) is 9.78. The van der Waals surface area contributed by atoms with Crippen LogP contribution in [0.1, 0.15) is 0 Å². The van der Waals surface area contributed by atoms with Crippen LogP contribution in [0.15, 0.2) is 23.2 Å². The Morgan fingerprint density at radius 3 is 2.33 bits per heavy atom. The molecule has 0 bridgehead atoms. The molecule has 0 spiro atoms. The van der Waals surface area contributed by atoms with Gasteiger partial charge < -0.3 is 4.74 Å². The highest BCUT2D eigenvalue weighted by molar-refractivity contribution is 6.56. The van der Waals surface area contributed by atoms with Crippen molar-refractivity contribution in [1.29, 1.82) is 0 Å².